The van der Waals surface area contributed by atoms with Gasteiger partial charge in [0.1, 0.15) is 0 Å². The molecule has 2 rings (SSSR count). The quantitative estimate of drug-likeness (QED) is 0.687. The summed E-state index contributed by atoms with van der Waals surface area (Å²) in [7, 11) is 0. The highest BCUT2D eigenvalue weighted by Gasteiger charge is 2.22. The summed E-state index contributed by atoms with van der Waals surface area (Å²) in [6.45, 7) is 6.22. The standard InChI is InChI=1S/C13H17BrN4S/c1-13(2,3)11-16-17-12(18(11)15)19-8-9-5-4-6-10(14)7-9/h4-7H,8,15H2,1-3H3. The van der Waals surface area contributed by atoms with E-state index in [9.17, 15) is 0 Å². The third kappa shape index (κ3) is 3.51. The van der Waals surface area contributed by atoms with Crippen molar-refractivity contribution in [3.05, 3.63) is 40.1 Å². The predicted octanol–water partition coefficient (Wildman–Crippen LogP) is 3.34. The van der Waals surface area contributed by atoms with Gasteiger partial charge in [-0.3, -0.25) is 0 Å². The van der Waals surface area contributed by atoms with Crippen molar-refractivity contribution in [3.8, 4) is 0 Å². The molecule has 0 aliphatic carbocycles. The van der Waals surface area contributed by atoms with Crippen LogP contribution in [0.25, 0.3) is 0 Å². The summed E-state index contributed by atoms with van der Waals surface area (Å²) in [6.07, 6.45) is 0. The zero-order chi connectivity index (χ0) is 14.0. The Balaban J connectivity index is 2.11. The number of benzene rings is 1. The number of nitrogen functional groups attached to an aromatic ring is 1. The van der Waals surface area contributed by atoms with E-state index in [1.54, 1.807) is 16.4 Å². The van der Waals surface area contributed by atoms with Crippen LogP contribution in [0.2, 0.25) is 0 Å². The molecule has 2 aromatic rings. The molecule has 0 amide bonds. The summed E-state index contributed by atoms with van der Waals surface area (Å²) in [5, 5.41) is 9.07. The first kappa shape index (κ1) is 14.4. The van der Waals surface area contributed by atoms with Gasteiger partial charge < -0.3 is 5.84 Å². The number of nitrogens with zero attached hydrogens (tertiary/aromatic N) is 3. The van der Waals surface area contributed by atoms with Crippen LogP contribution in [0.1, 0.15) is 32.2 Å². The lowest BCUT2D eigenvalue weighted by molar-refractivity contribution is 0.523. The van der Waals surface area contributed by atoms with Crippen LogP contribution in [0.3, 0.4) is 0 Å². The Labute approximate surface area is 125 Å². The minimum Gasteiger partial charge on any atom is -0.336 e. The molecule has 6 heteroatoms. The fraction of sp³-hybridized carbons (Fsp3) is 0.385. The van der Waals surface area contributed by atoms with Gasteiger partial charge in [-0.2, -0.15) is 0 Å². The number of nitrogens with two attached hydrogens (primary N) is 1. The fourth-order valence-corrected chi connectivity index (χ4v) is 2.91. The number of thioether (sulfide) groups is 1. The monoisotopic (exact) mass is 340 g/mol. The van der Waals surface area contributed by atoms with Crippen molar-refractivity contribution in [3.63, 3.8) is 0 Å². The van der Waals surface area contributed by atoms with Gasteiger partial charge in [-0.1, -0.05) is 60.6 Å². The summed E-state index contributed by atoms with van der Waals surface area (Å²) in [6, 6.07) is 8.21. The van der Waals surface area contributed by atoms with E-state index in [-0.39, 0.29) is 5.41 Å². The molecular formula is C13H17BrN4S. The van der Waals surface area contributed by atoms with E-state index in [4.69, 9.17) is 5.84 Å². The fourth-order valence-electron chi connectivity index (χ4n) is 1.66. The van der Waals surface area contributed by atoms with Crippen molar-refractivity contribution < 1.29 is 0 Å². The van der Waals surface area contributed by atoms with Crippen LogP contribution >= 0.6 is 27.7 Å². The predicted molar refractivity (Wildman–Crippen MR) is 82.6 cm³/mol. The molecule has 0 bridgehead atoms. The molecule has 19 heavy (non-hydrogen) atoms. The van der Waals surface area contributed by atoms with Crippen LogP contribution in [0.5, 0.6) is 0 Å². The smallest absolute Gasteiger partial charge is 0.210 e. The molecule has 0 saturated carbocycles. The lowest BCUT2D eigenvalue weighted by Gasteiger charge is -2.16. The van der Waals surface area contributed by atoms with Gasteiger partial charge in [-0.15, -0.1) is 10.2 Å². The maximum Gasteiger partial charge on any atom is 0.210 e. The van der Waals surface area contributed by atoms with E-state index in [1.165, 1.54) is 5.56 Å². The summed E-state index contributed by atoms with van der Waals surface area (Å²) in [4.78, 5) is 0. The second-order valence-electron chi connectivity index (χ2n) is 5.34. The minimum absolute atomic E-state index is 0.101. The molecule has 0 spiro atoms. The molecule has 0 unspecified atom stereocenters. The summed E-state index contributed by atoms with van der Waals surface area (Å²) in [5.41, 5.74) is 1.12. The Kier molecular flexibility index (Phi) is 4.20. The summed E-state index contributed by atoms with van der Waals surface area (Å²) >= 11 is 5.06. The second-order valence-corrected chi connectivity index (χ2v) is 7.20. The first-order chi connectivity index (χ1) is 8.88. The third-order valence-electron chi connectivity index (χ3n) is 2.59. The maximum atomic E-state index is 6.05. The first-order valence-corrected chi connectivity index (χ1v) is 7.74. The number of hydrogen-bond acceptors (Lipinski definition) is 4. The Hall–Kier alpha value is -1.01. The Morgan fingerprint density at radius 3 is 2.63 bits per heavy atom. The molecule has 1 aromatic carbocycles. The molecule has 0 fully saturated rings. The molecule has 0 saturated heterocycles. The van der Waals surface area contributed by atoms with Crippen molar-refractivity contribution in [2.24, 2.45) is 0 Å². The van der Waals surface area contributed by atoms with E-state index in [0.717, 1.165) is 21.2 Å². The number of rotatable bonds is 3. The first-order valence-electron chi connectivity index (χ1n) is 5.96. The van der Waals surface area contributed by atoms with Crippen LogP contribution < -0.4 is 5.84 Å². The zero-order valence-electron chi connectivity index (χ0n) is 11.2. The molecule has 0 atom stereocenters. The Morgan fingerprint density at radius 2 is 2.05 bits per heavy atom. The van der Waals surface area contributed by atoms with Gasteiger partial charge in [-0.25, -0.2) is 4.68 Å². The van der Waals surface area contributed by atoms with Crippen LogP contribution in [0.15, 0.2) is 33.9 Å². The second kappa shape index (κ2) is 5.54. The Bertz CT molecular complexity index is 574. The highest BCUT2D eigenvalue weighted by atomic mass is 79.9. The van der Waals surface area contributed by atoms with E-state index in [2.05, 4.69) is 59.0 Å². The topological polar surface area (TPSA) is 56.7 Å². The van der Waals surface area contributed by atoms with Crippen LogP contribution in [0.4, 0.5) is 0 Å². The average Bonchev–Trinajstić information content (AvgIpc) is 2.68. The SMILES string of the molecule is CC(C)(C)c1nnc(SCc2cccc(Br)c2)n1N. The van der Waals surface area contributed by atoms with Gasteiger partial charge >= 0.3 is 0 Å². The van der Waals surface area contributed by atoms with Gasteiger partial charge in [0.2, 0.25) is 5.16 Å². The maximum absolute atomic E-state index is 6.05. The molecule has 2 N–H and O–H groups in total. The largest absolute Gasteiger partial charge is 0.336 e. The van der Waals surface area contributed by atoms with Gasteiger partial charge in [0.15, 0.2) is 5.82 Å². The minimum atomic E-state index is -0.101. The van der Waals surface area contributed by atoms with Crippen molar-refractivity contribution >= 4 is 27.7 Å². The van der Waals surface area contributed by atoms with Crippen LogP contribution in [0, 0.1) is 0 Å². The van der Waals surface area contributed by atoms with Crippen LogP contribution in [-0.2, 0) is 11.2 Å². The van der Waals surface area contributed by atoms with Gasteiger partial charge in [0.05, 0.1) is 0 Å². The number of hydrogen-bond donors (Lipinski definition) is 1. The summed E-state index contributed by atoms with van der Waals surface area (Å²) < 4.78 is 2.66. The molecular weight excluding hydrogens is 324 g/mol. The van der Waals surface area contributed by atoms with Gasteiger partial charge in [0.25, 0.3) is 0 Å². The molecule has 0 aliphatic heterocycles. The third-order valence-corrected chi connectivity index (χ3v) is 4.10. The molecule has 0 aliphatic rings. The van der Waals surface area contributed by atoms with E-state index in [0.29, 0.717) is 0 Å². The van der Waals surface area contributed by atoms with Crippen molar-refractivity contribution in [2.45, 2.75) is 37.1 Å². The van der Waals surface area contributed by atoms with Gasteiger partial charge in [0, 0.05) is 15.6 Å². The van der Waals surface area contributed by atoms with E-state index in [1.807, 2.05) is 12.1 Å². The molecule has 4 nitrogen and oxygen atoms in total. The van der Waals surface area contributed by atoms with Crippen LogP contribution in [-0.4, -0.2) is 14.9 Å². The lowest BCUT2D eigenvalue weighted by Crippen LogP contribution is -2.24. The molecule has 1 aromatic heterocycles. The molecule has 102 valence electrons. The van der Waals surface area contributed by atoms with E-state index >= 15 is 0 Å². The lowest BCUT2D eigenvalue weighted by atomic mass is 9.96. The summed E-state index contributed by atoms with van der Waals surface area (Å²) in [5.74, 6) is 7.66. The van der Waals surface area contributed by atoms with Crippen molar-refractivity contribution in [2.75, 3.05) is 5.84 Å². The molecule has 0 radical (unpaired) electrons. The normalized spacial score (nSPS) is 11.8. The van der Waals surface area contributed by atoms with E-state index < -0.39 is 0 Å². The van der Waals surface area contributed by atoms with Crippen molar-refractivity contribution in [1.29, 1.82) is 0 Å². The molecule has 1 heterocycles. The highest BCUT2D eigenvalue weighted by Crippen LogP contribution is 2.26. The van der Waals surface area contributed by atoms with Crippen molar-refractivity contribution in [1.82, 2.24) is 14.9 Å². The average molecular weight is 341 g/mol. The number of aromatic nitrogens is 3. The van der Waals surface area contributed by atoms with Gasteiger partial charge in [-0.05, 0) is 17.7 Å². The zero-order valence-corrected chi connectivity index (χ0v) is 13.6. The highest BCUT2D eigenvalue weighted by molar-refractivity contribution is 9.10. The number of halogens is 1. The Morgan fingerprint density at radius 1 is 1.32 bits per heavy atom.